The Labute approximate surface area is 121 Å². The van der Waals surface area contributed by atoms with Gasteiger partial charge in [0.1, 0.15) is 5.82 Å². The quantitative estimate of drug-likeness (QED) is 0.942. The lowest BCUT2D eigenvalue weighted by Crippen LogP contribution is -2.13. The third-order valence-electron chi connectivity index (χ3n) is 2.74. The van der Waals surface area contributed by atoms with Crippen LogP contribution in [-0.4, -0.2) is 14.2 Å². The zero-order valence-electron chi connectivity index (χ0n) is 10.6. The Morgan fingerprint density at radius 3 is 2.37 bits per heavy atom. The minimum atomic E-state index is -0.504. The zero-order valence-corrected chi connectivity index (χ0v) is 12.2. The lowest BCUT2D eigenvalue weighted by atomic mass is 10.0. The van der Waals surface area contributed by atoms with Crippen LogP contribution in [0.2, 0.25) is 0 Å². The molecule has 1 atom stereocenters. The van der Waals surface area contributed by atoms with Crippen LogP contribution in [0.3, 0.4) is 0 Å². The molecular formula is C13H15ClFNO2S. The Balaban J connectivity index is 0.00000180. The molecule has 2 aromatic rings. The van der Waals surface area contributed by atoms with E-state index in [1.54, 1.807) is 6.07 Å². The number of nitrogens with two attached hydrogens (primary N) is 1. The van der Waals surface area contributed by atoms with Crippen molar-refractivity contribution in [2.75, 3.05) is 14.2 Å². The molecule has 1 aromatic heterocycles. The Morgan fingerprint density at radius 1 is 1.21 bits per heavy atom. The maximum absolute atomic E-state index is 14.0. The van der Waals surface area contributed by atoms with Gasteiger partial charge in [0, 0.05) is 11.6 Å². The van der Waals surface area contributed by atoms with Crippen LogP contribution < -0.4 is 15.2 Å². The topological polar surface area (TPSA) is 44.5 Å². The molecule has 0 saturated carbocycles. The van der Waals surface area contributed by atoms with E-state index in [1.807, 2.05) is 16.8 Å². The molecule has 3 nitrogen and oxygen atoms in total. The van der Waals surface area contributed by atoms with Gasteiger partial charge in [0.15, 0.2) is 11.5 Å². The Kier molecular flexibility index (Phi) is 5.60. The van der Waals surface area contributed by atoms with Crippen molar-refractivity contribution in [1.29, 1.82) is 0 Å². The van der Waals surface area contributed by atoms with Gasteiger partial charge < -0.3 is 15.2 Å². The van der Waals surface area contributed by atoms with Gasteiger partial charge in [-0.3, -0.25) is 0 Å². The summed E-state index contributed by atoms with van der Waals surface area (Å²) >= 11 is 1.53. The number of methoxy groups -OCH3 is 2. The highest BCUT2D eigenvalue weighted by atomic mass is 35.5. The Hall–Kier alpha value is -1.30. The minimum Gasteiger partial charge on any atom is -0.493 e. The fourth-order valence-electron chi connectivity index (χ4n) is 1.74. The highest BCUT2D eigenvalue weighted by Crippen LogP contribution is 2.34. The monoisotopic (exact) mass is 303 g/mol. The number of rotatable bonds is 4. The molecule has 1 heterocycles. The molecule has 0 unspecified atom stereocenters. The van der Waals surface area contributed by atoms with E-state index in [0.29, 0.717) is 17.1 Å². The van der Waals surface area contributed by atoms with E-state index in [-0.39, 0.29) is 12.4 Å². The molecule has 0 radical (unpaired) electrons. The molecule has 0 fully saturated rings. The standard InChI is InChI=1S/C13H14FNO2S.ClH/c1-16-11-5-9(10(14)6-12(11)17-2)13(15)8-3-4-18-7-8;/h3-7,13H,15H2,1-2H3;1H/t13-;/m0./s1. The second-order valence-electron chi connectivity index (χ2n) is 3.76. The van der Waals surface area contributed by atoms with E-state index in [2.05, 4.69) is 0 Å². The molecule has 19 heavy (non-hydrogen) atoms. The van der Waals surface area contributed by atoms with Crippen molar-refractivity contribution in [1.82, 2.24) is 0 Å². The van der Waals surface area contributed by atoms with E-state index in [1.165, 1.54) is 31.6 Å². The van der Waals surface area contributed by atoms with Crippen molar-refractivity contribution in [3.05, 3.63) is 45.9 Å². The summed E-state index contributed by atoms with van der Waals surface area (Å²) in [4.78, 5) is 0. The first-order chi connectivity index (χ1) is 8.67. The Bertz CT molecular complexity index is 534. The molecule has 0 aliphatic rings. The van der Waals surface area contributed by atoms with Crippen molar-refractivity contribution in [2.24, 2.45) is 5.73 Å². The number of hydrogen-bond acceptors (Lipinski definition) is 4. The molecule has 1 aromatic carbocycles. The third kappa shape index (κ3) is 3.18. The predicted molar refractivity (Wildman–Crippen MR) is 77.1 cm³/mol. The molecular weight excluding hydrogens is 289 g/mol. The predicted octanol–water partition coefficient (Wildman–Crippen LogP) is 3.37. The van der Waals surface area contributed by atoms with Crippen molar-refractivity contribution < 1.29 is 13.9 Å². The average molecular weight is 304 g/mol. The lowest BCUT2D eigenvalue weighted by Gasteiger charge is -2.15. The van der Waals surface area contributed by atoms with Gasteiger partial charge in [0.25, 0.3) is 0 Å². The molecule has 2 rings (SSSR count). The van der Waals surface area contributed by atoms with Gasteiger partial charge in [-0.15, -0.1) is 12.4 Å². The maximum Gasteiger partial charge on any atom is 0.163 e. The summed E-state index contributed by atoms with van der Waals surface area (Å²) in [7, 11) is 2.98. The fourth-order valence-corrected chi connectivity index (χ4v) is 2.44. The second kappa shape index (κ2) is 6.75. The van der Waals surface area contributed by atoms with Crippen LogP contribution in [-0.2, 0) is 0 Å². The number of halogens is 2. The summed E-state index contributed by atoms with van der Waals surface area (Å²) in [6.07, 6.45) is 0. The number of benzene rings is 1. The summed E-state index contributed by atoms with van der Waals surface area (Å²) < 4.78 is 24.2. The zero-order chi connectivity index (χ0) is 13.1. The van der Waals surface area contributed by atoms with Crippen LogP contribution in [0.25, 0.3) is 0 Å². The van der Waals surface area contributed by atoms with Crippen molar-refractivity contribution in [2.45, 2.75) is 6.04 Å². The van der Waals surface area contributed by atoms with Gasteiger partial charge in [-0.05, 0) is 28.5 Å². The van der Waals surface area contributed by atoms with Gasteiger partial charge in [-0.2, -0.15) is 11.3 Å². The molecule has 0 aliphatic carbocycles. The molecule has 6 heteroatoms. The summed E-state index contributed by atoms with van der Waals surface area (Å²) in [6.45, 7) is 0. The minimum absolute atomic E-state index is 0. The third-order valence-corrected chi connectivity index (χ3v) is 3.44. The van der Waals surface area contributed by atoms with Crippen LogP contribution >= 0.6 is 23.7 Å². The summed E-state index contributed by atoms with van der Waals surface area (Å²) in [5.41, 5.74) is 7.32. The van der Waals surface area contributed by atoms with Crippen LogP contribution in [0.4, 0.5) is 4.39 Å². The molecule has 0 spiro atoms. The highest BCUT2D eigenvalue weighted by molar-refractivity contribution is 7.08. The first-order valence-corrected chi connectivity index (χ1v) is 6.30. The van der Waals surface area contributed by atoms with Crippen molar-refractivity contribution >= 4 is 23.7 Å². The first kappa shape index (κ1) is 15.8. The van der Waals surface area contributed by atoms with E-state index < -0.39 is 11.9 Å². The van der Waals surface area contributed by atoms with Crippen LogP contribution in [0.15, 0.2) is 29.0 Å². The normalized spacial score (nSPS) is 11.6. The van der Waals surface area contributed by atoms with E-state index in [4.69, 9.17) is 15.2 Å². The average Bonchev–Trinajstić information content (AvgIpc) is 2.91. The van der Waals surface area contributed by atoms with E-state index in [9.17, 15) is 4.39 Å². The molecule has 0 amide bonds. The summed E-state index contributed by atoms with van der Waals surface area (Å²) in [5, 5.41) is 3.81. The molecule has 0 aliphatic heterocycles. The van der Waals surface area contributed by atoms with Gasteiger partial charge >= 0.3 is 0 Å². The van der Waals surface area contributed by atoms with Crippen LogP contribution in [0.5, 0.6) is 11.5 Å². The van der Waals surface area contributed by atoms with E-state index in [0.717, 1.165) is 5.56 Å². The Morgan fingerprint density at radius 2 is 1.84 bits per heavy atom. The lowest BCUT2D eigenvalue weighted by molar-refractivity contribution is 0.351. The molecule has 104 valence electrons. The highest BCUT2D eigenvalue weighted by Gasteiger charge is 2.18. The maximum atomic E-state index is 14.0. The first-order valence-electron chi connectivity index (χ1n) is 5.36. The van der Waals surface area contributed by atoms with Crippen LogP contribution in [0, 0.1) is 5.82 Å². The summed E-state index contributed by atoms with van der Waals surface area (Å²) in [6, 6.07) is 4.25. The fraction of sp³-hybridized carbons (Fsp3) is 0.231. The number of thiophene rings is 1. The van der Waals surface area contributed by atoms with Crippen LogP contribution in [0.1, 0.15) is 17.2 Å². The van der Waals surface area contributed by atoms with E-state index >= 15 is 0 Å². The van der Waals surface area contributed by atoms with Gasteiger partial charge in [-0.25, -0.2) is 4.39 Å². The smallest absolute Gasteiger partial charge is 0.163 e. The molecule has 0 bridgehead atoms. The van der Waals surface area contributed by atoms with Gasteiger partial charge in [0.05, 0.1) is 20.3 Å². The van der Waals surface area contributed by atoms with Gasteiger partial charge in [-0.1, -0.05) is 0 Å². The SMILES string of the molecule is COc1cc(F)c([C@@H](N)c2ccsc2)cc1OC.Cl. The second-order valence-corrected chi connectivity index (χ2v) is 4.54. The number of ether oxygens (including phenoxy) is 2. The largest absolute Gasteiger partial charge is 0.493 e. The van der Waals surface area contributed by atoms with Crippen molar-refractivity contribution in [3.63, 3.8) is 0 Å². The molecule has 0 saturated heterocycles. The molecule has 2 N–H and O–H groups in total. The van der Waals surface area contributed by atoms with Crippen molar-refractivity contribution in [3.8, 4) is 11.5 Å². The number of hydrogen-bond donors (Lipinski definition) is 1. The van der Waals surface area contributed by atoms with Gasteiger partial charge in [0.2, 0.25) is 0 Å². The summed E-state index contributed by atoms with van der Waals surface area (Å²) in [5.74, 6) is 0.433.